The highest BCUT2D eigenvalue weighted by atomic mass is 16.5. The SMILES string of the molecule is COc1ccc(CNC(=O)CCc2cn(C)nc2-c2ccccc2)cc1. The summed E-state index contributed by atoms with van der Waals surface area (Å²) in [4.78, 5) is 12.2. The Morgan fingerprint density at radius 3 is 2.54 bits per heavy atom. The number of hydrogen-bond donors (Lipinski definition) is 1. The molecule has 0 aliphatic rings. The van der Waals surface area contributed by atoms with Gasteiger partial charge in [-0.15, -0.1) is 0 Å². The number of carbonyl (C=O) groups excluding carboxylic acids is 1. The molecular weight excluding hydrogens is 326 g/mol. The summed E-state index contributed by atoms with van der Waals surface area (Å²) >= 11 is 0. The molecule has 1 amide bonds. The van der Waals surface area contributed by atoms with Gasteiger partial charge in [-0.2, -0.15) is 5.10 Å². The second-order valence-corrected chi connectivity index (χ2v) is 6.17. The summed E-state index contributed by atoms with van der Waals surface area (Å²) in [6.45, 7) is 0.515. The molecular formula is C21H23N3O2. The lowest BCUT2D eigenvalue weighted by atomic mass is 10.0. The maximum atomic E-state index is 12.2. The van der Waals surface area contributed by atoms with Crippen molar-refractivity contribution in [3.8, 4) is 17.0 Å². The highest BCUT2D eigenvalue weighted by molar-refractivity contribution is 5.76. The molecule has 0 atom stereocenters. The Morgan fingerprint density at radius 1 is 1.12 bits per heavy atom. The standard InChI is InChI=1S/C21H23N3O2/c1-24-15-18(21(23-24)17-6-4-3-5-7-17)10-13-20(25)22-14-16-8-11-19(26-2)12-9-16/h3-9,11-12,15H,10,13-14H2,1-2H3,(H,22,25). The van der Waals surface area contributed by atoms with E-state index in [0.717, 1.165) is 28.1 Å². The van der Waals surface area contributed by atoms with E-state index in [1.54, 1.807) is 11.8 Å². The van der Waals surface area contributed by atoms with E-state index in [9.17, 15) is 4.79 Å². The number of rotatable bonds is 7. The third kappa shape index (κ3) is 4.51. The number of hydrogen-bond acceptors (Lipinski definition) is 3. The van der Waals surface area contributed by atoms with Crippen LogP contribution in [0.5, 0.6) is 5.75 Å². The van der Waals surface area contributed by atoms with Gasteiger partial charge in [-0.3, -0.25) is 9.48 Å². The molecule has 5 heteroatoms. The quantitative estimate of drug-likeness (QED) is 0.712. The number of methoxy groups -OCH3 is 1. The smallest absolute Gasteiger partial charge is 0.220 e. The normalized spacial score (nSPS) is 10.5. The first-order valence-electron chi connectivity index (χ1n) is 8.63. The lowest BCUT2D eigenvalue weighted by molar-refractivity contribution is -0.121. The largest absolute Gasteiger partial charge is 0.497 e. The van der Waals surface area contributed by atoms with E-state index >= 15 is 0 Å². The van der Waals surface area contributed by atoms with E-state index in [2.05, 4.69) is 10.4 Å². The van der Waals surface area contributed by atoms with E-state index in [1.165, 1.54) is 0 Å². The predicted octanol–water partition coefficient (Wildman–Crippen LogP) is 3.34. The fourth-order valence-electron chi connectivity index (χ4n) is 2.84. The van der Waals surface area contributed by atoms with Gasteiger partial charge in [0, 0.05) is 31.8 Å². The van der Waals surface area contributed by atoms with Crippen molar-refractivity contribution in [2.45, 2.75) is 19.4 Å². The molecule has 0 radical (unpaired) electrons. The van der Waals surface area contributed by atoms with Gasteiger partial charge >= 0.3 is 0 Å². The molecule has 0 fully saturated rings. The molecule has 26 heavy (non-hydrogen) atoms. The number of amides is 1. The van der Waals surface area contributed by atoms with Crippen LogP contribution in [0, 0.1) is 0 Å². The Hall–Kier alpha value is -3.08. The van der Waals surface area contributed by atoms with Gasteiger partial charge in [0.15, 0.2) is 0 Å². The predicted molar refractivity (Wildman–Crippen MR) is 102 cm³/mol. The Morgan fingerprint density at radius 2 is 1.85 bits per heavy atom. The van der Waals surface area contributed by atoms with Crippen molar-refractivity contribution in [2.24, 2.45) is 7.05 Å². The van der Waals surface area contributed by atoms with E-state index in [0.29, 0.717) is 19.4 Å². The van der Waals surface area contributed by atoms with Crippen molar-refractivity contribution >= 4 is 5.91 Å². The summed E-state index contributed by atoms with van der Waals surface area (Å²) < 4.78 is 6.94. The molecule has 0 saturated carbocycles. The van der Waals surface area contributed by atoms with E-state index in [1.807, 2.05) is 67.8 Å². The highest BCUT2D eigenvalue weighted by Gasteiger charge is 2.11. The number of nitrogens with zero attached hydrogens (tertiary/aromatic N) is 2. The second-order valence-electron chi connectivity index (χ2n) is 6.17. The van der Waals surface area contributed by atoms with E-state index < -0.39 is 0 Å². The number of aryl methyl sites for hydroxylation is 2. The van der Waals surface area contributed by atoms with Crippen molar-refractivity contribution in [1.82, 2.24) is 15.1 Å². The molecule has 3 rings (SSSR count). The van der Waals surface area contributed by atoms with Crippen LogP contribution in [0.2, 0.25) is 0 Å². The Kier molecular flexibility index (Phi) is 5.69. The average molecular weight is 349 g/mol. The van der Waals surface area contributed by atoms with Crippen LogP contribution in [0.15, 0.2) is 60.8 Å². The summed E-state index contributed by atoms with van der Waals surface area (Å²) in [6, 6.07) is 17.7. The molecule has 0 bridgehead atoms. The molecule has 1 aromatic heterocycles. The van der Waals surface area contributed by atoms with E-state index in [4.69, 9.17) is 4.74 Å². The number of carbonyl (C=O) groups is 1. The molecule has 0 aliphatic heterocycles. The van der Waals surface area contributed by atoms with Gasteiger partial charge in [0.25, 0.3) is 0 Å². The second kappa shape index (κ2) is 8.34. The minimum atomic E-state index is 0.0312. The highest BCUT2D eigenvalue weighted by Crippen LogP contribution is 2.22. The Bertz CT molecular complexity index is 855. The number of ether oxygens (including phenoxy) is 1. The van der Waals surface area contributed by atoms with E-state index in [-0.39, 0.29) is 5.91 Å². The molecule has 0 saturated heterocycles. The molecule has 0 unspecified atom stereocenters. The van der Waals surface area contributed by atoms with Gasteiger partial charge < -0.3 is 10.1 Å². The van der Waals surface area contributed by atoms with Crippen molar-refractivity contribution < 1.29 is 9.53 Å². The third-order valence-corrected chi connectivity index (χ3v) is 4.22. The zero-order chi connectivity index (χ0) is 18.4. The van der Waals surface area contributed by atoms with Crippen LogP contribution in [0.1, 0.15) is 17.5 Å². The molecule has 1 N–H and O–H groups in total. The first-order valence-corrected chi connectivity index (χ1v) is 8.63. The first kappa shape index (κ1) is 17.7. The molecule has 1 heterocycles. The number of aromatic nitrogens is 2. The summed E-state index contributed by atoms with van der Waals surface area (Å²) in [5.41, 5.74) is 4.14. The zero-order valence-corrected chi connectivity index (χ0v) is 15.1. The maximum absolute atomic E-state index is 12.2. The van der Waals surface area contributed by atoms with Gasteiger partial charge in [-0.1, -0.05) is 42.5 Å². The number of benzene rings is 2. The van der Waals surface area contributed by atoms with Crippen LogP contribution in [-0.4, -0.2) is 22.8 Å². The number of nitrogens with one attached hydrogen (secondary N) is 1. The summed E-state index contributed by atoms with van der Waals surface area (Å²) in [6.07, 6.45) is 3.08. The van der Waals surface area contributed by atoms with Gasteiger partial charge in [0.1, 0.15) is 5.75 Å². The average Bonchev–Trinajstić information content (AvgIpc) is 3.06. The van der Waals surface area contributed by atoms with Crippen LogP contribution in [0.3, 0.4) is 0 Å². The third-order valence-electron chi connectivity index (χ3n) is 4.22. The molecule has 0 spiro atoms. The topological polar surface area (TPSA) is 56.1 Å². The molecule has 5 nitrogen and oxygen atoms in total. The zero-order valence-electron chi connectivity index (χ0n) is 15.1. The van der Waals surface area contributed by atoms with Crippen LogP contribution >= 0.6 is 0 Å². The lowest BCUT2D eigenvalue weighted by Gasteiger charge is -2.07. The summed E-state index contributed by atoms with van der Waals surface area (Å²) in [5.74, 6) is 0.841. The first-order chi connectivity index (χ1) is 12.7. The van der Waals surface area contributed by atoms with Crippen molar-refractivity contribution in [3.63, 3.8) is 0 Å². The molecule has 2 aromatic carbocycles. The van der Waals surface area contributed by atoms with Crippen molar-refractivity contribution in [1.29, 1.82) is 0 Å². The maximum Gasteiger partial charge on any atom is 0.220 e. The minimum Gasteiger partial charge on any atom is -0.497 e. The lowest BCUT2D eigenvalue weighted by Crippen LogP contribution is -2.23. The van der Waals surface area contributed by atoms with Gasteiger partial charge in [0.05, 0.1) is 12.8 Å². The van der Waals surface area contributed by atoms with Gasteiger partial charge in [-0.25, -0.2) is 0 Å². The monoisotopic (exact) mass is 349 g/mol. The Balaban J connectivity index is 1.56. The van der Waals surface area contributed by atoms with Crippen LogP contribution in [0.25, 0.3) is 11.3 Å². The fraction of sp³-hybridized carbons (Fsp3) is 0.238. The van der Waals surface area contributed by atoms with Gasteiger partial charge in [-0.05, 0) is 29.7 Å². The fourth-order valence-corrected chi connectivity index (χ4v) is 2.84. The Labute approximate surface area is 153 Å². The van der Waals surface area contributed by atoms with Crippen LogP contribution in [0.4, 0.5) is 0 Å². The summed E-state index contributed by atoms with van der Waals surface area (Å²) in [7, 11) is 3.54. The molecule has 0 aliphatic carbocycles. The van der Waals surface area contributed by atoms with Crippen molar-refractivity contribution in [2.75, 3.05) is 7.11 Å². The van der Waals surface area contributed by atoms with Gasteiger partial charge in [0.2, 0.25) is 5.91 Å². The molecule has 3 aromatic rings. The van der Waals surface area contributed by atoms with Crippen LogP contribution < -0.4 is 10.1 Å². The van der Waals surface area contributed by atoms with Crippen LogP contribution in [-0.2, 0) is 24.8 Å². The molecule has 134 valence electrons. The summed E-state index contributed by atoms with van der Waals surface area (Å²) in [5, 5.41) is 7.51. The minimum absolute atomic E-state index is 0.0312. The van der Waals surface area contributed by atoms with Crippen molar-refractivity contribution in [3.05, 3.63) is 71.9 Å².